The summed E-state index contributed by atoms with van der Waals surface area (Å²) in [6, 6.07) is 2.30. The summed E-state index contributed by atoms with van der Waals surface area (Å²) < 4.78 is 11.1. The maximum absolute atomic E-state index is 8.77. The first-order chi connectivity index (χ1) is 5.85. The summed E-state index contributed by atoms with van der Waals surface area (Å²) in [7, 11) is 0. The lowest BCUT2D eigenvalue weighted by Crippen LogP contribution is -2.35. The van der Waals surface area contributed by atoms with Crippen molar-refractivity contribution < 1.29 is 9.47 Å². The zero-order chi connectivity index (χ0) is 8.44. The van der Waals surface area contributed by atoms with Crippen molar-refractivity contribution in [3.63, 3.8) is 0 Å². The maximum atomic E-state index is 8.77. The number of hydrogen-bond acceptors (Lipinski definition) is 3. The molecular weight excluding hydrogens is 154 g/mol. The zero-order valence-electron chi connectivity index (χ0n) is 7.08. The van der Waals surface area contributed by atoms with Crippen molar-refractivity contribution in [1.29, 1.82) is 5.26 Å². The van der Waals surface area contributed by atoms with E-state index >= 15 is 0 Å². The SMILES string of the molecule is N#C[C@@H]1CCCC2(C1)OCCO2. The molecule has 0 aromatic heterocycles. The average Bonchev–Trinajstić information content (AvgIpc) is 2.53. The number of rotatable bonds is 0. The molecular formula is C9H13NO2. The van der Waals surface area contributed by atoms with Crippen molar-refractivity contribution in [2.24, 2.45) is 5.92 Å². The van der Waals surface area contributed by atoms with Gasteiger partial charge in [-0.05, 0) is 12.8 Å². The number of hydrogen-bond donors (Lipinski definition) is 0. The maximum Gasteiger partial charge on any atom is 0.169 e. The van der Waals surface area contributed by atoms with Gasteiger partial charge in [-0.3, -0.25) is 0 Å². The summed E-state index contributed by atoms with van der Waals surface area (Å²) in [5, 5.41) is 8.77. The molecule has 1 aliphatic heterocycles. The summed E-state index contributed by atoms with van der Waals surface area (Å²) >= 11 is 0. The molecule has 2 aliphatic rings. The summed E-state index contributed by atoms with van der Waals surface area (Å²) in [6.45, 7) is 1.39. The minimum Gasteiger partial charge on any atom is -0.347 e. The van der Waals surface area contributed by atoms with E-state index in [0.717, 1.165) is 25.7 Å². The minimum atomic E-state index is -0.376. The van der Waals surface area contributed by atoms with E-state index in [1.165, 1.54) is 0 Å². The molecule has 1 spiro atoms. The third-order valence-electron chi connectivity index (χ3n) is 2.66. The molecule has 0 aromatic rings. The Morgan fingerprint density at radius 1 is 1.33 bits per heavy atom. The first kappa shape index (κ1) is 8.03. The van der Waals surface area contributed by atoms with E-state index in [2.05, 4.69) is 6.07 Å². The molecule has 0 radical (unpaired) electrons. The Balaban J connectivity index is 2.02. The van der Waals surface area contributed by atoms with Gasteiger partial charge in [0.25, 0.3) is 0 Å². The molecule has 1 atom stereocenters. The molecule has 0 N–H and O–H groups in total. The van der Waals surface area contributed by atoms with Gasteiger partial charge in [0.15, 0.2) is 5.79 Å². The molecule has 0 amide bonds. The van der Waals surface area contributed by atoms with Gasteiger partial charge in [0.05, 0.1) is 25.2 Å². The standard InChI is InChI=1S/C9H13NO2/c10-7-8-2-1-3-9(6-8)11-4-5-12-9/h8H,1-6H2/t8-/m1/s1. The van der Waals surface area contributed by atoms with Crippen LogP contribution >= 0.6 is 0 Å². The van der Waals surface area contributed by atoms with E-state index in [9.17, 15) is 0 Å². The highest BCUT2D eigenvalue weighted by Gasteiger charge is 2.41. The molecule has 1 saturated heterocycles. The van der Waals surface area contributed by atoms with Crippen LogP contribution in [0.5, 0.6) is 0 Å². The van der Waals surface area contributed by atoms with Gasteiger partial charge < -0.3 is 9.47 Å². The zero-order valence-corrected chi connectivity index (χ0v) is 7.08. The first-order valence-corrected chi connectivity index (χ1v) is 4.52. The molecule has 1 heterocycles. The fourth-order valence-electron chi connectivity index (χ4n) is 2.07. The second-order valence-electron chi connectivity index (χ2n) is 3.53. The quantitative estimate of drug-likeness (QED) is 0.548. The minimum absolute atomic E-state index is 0.136. The van der Waals surface area contributed by atoms with Crippen LogP contribution in [0.3, 0.4) is 0 Å². The molecule has 2 fully saturated rings. The van der Waals surface area contributed by atoms with Gasteiger partial charge in [0.1, 0.15) is 0 Å². The van der Waals surface area contributed by atoms with Gasteiger partial charge in [0, 0.05) is 12.8 Å². The van der Waals surface area contributed by atoms with Crippen LogP contribution in [-0.4, -0.2) is 19.0 Å². The molecule has 66 valence electrons. The Kier molecular flexibility index (Phi) is 2.03. The van der Waals surface area contributed by atoms with Crippen molar-refractivity contribution >= 4 is 0 Å². The fraction of sp³-hybridized carbons (Fsp3) is 0.889. The third-order valence-corrected chi connectivity index (χ3v) is 2.66. The predicted molar refractivity (Wildman–Crippen MR) is 42.2 cm³/mol. The molecule has 0 aromatic carbocycles. The first-order valence-electron chi connectivity index (χ1n) is 4.52. The van der Waals surface area contributed by atoms with E-state index in [1.807, 2.05) is 0 Å². The van der Waals surface area contributed by atoms with E-state index in [0.29, 0.717) is 13.2 Å². The van der Waals surface area contributed by atoms with E-state index in [1.54, 1.807) is 0 Å². The number of nitriles is 1. The molecule has 0 unspecified atom stereocenters. The second kappa shape index (κ2) is 3.04. The van der Waals surface area contributed by atoms with Gasteiger partial charge in [-0.1, -0.05) is 0 Å². The molecule has 3 nitrogen and oxygen atoms in total. The van der Waals surface area contributed by atoms with Crippen LogP contribution < -0.4 is 0 Å². The lowest BCUT2D eigenvalue weighted by atomic mass is 9.86. The van der Waals surface area contributed by atoms with Crippen LogP contribution in [0, 0.1) is 17.2 Å². The summed E-state index contributed by atoms with van der Waals surface area (Å²) in [5.41, 5.74) is 0. The Morgan fingerprint density at radius 2 is 2.08 bits per heavy atom. The van der Waals surface area contributed by atoms with Gasteiger partial charge in [0.2, 0.25) is 0 Å². The number of nitrogens with zero attached hydrogens (tertiary/aromatic N) is 1. The molecule has 0 bridgehead atoms. The van der Waals surface area contributed by atoms with Crippen LogP contribution in [0.1, 0.15) is 25.7 Å². The van der Waals surface area contributed by atoms with Gasteiger partial charge in [-0.15, -0.1) is 0 Å². The summed E-state index contributed by atoms with van der Waals surface area (Å²) in [6.07, 6.45) is 3.79. The lowest BCUT2D eigenvalue weighted by Gasteiger charge is -2.33. The number of ether oxygens (including phenoxy) is 2. The van der Waals surface area contributed by atoms with E-state index in [4.69, 9.17) is 14.7 Å². The van der Waals surface area contributed by atoms with Crippen LogP contribution in [0.15, 0.2) is 0 Å². The Labute approximate surface area is 72.3 Å². The average molecular weight is 167 g/mol. The third kappa shape index (κ3) is 1.33. The molecule has 3 heteroatoms. The van der Waals surface area contributed by atoms with E-state index in [-0.39, 0.29) is 11.7 Å². The van der Waals surface area contributed by atoms with Crippen molar-refractivity contribution in [3.05, 3.63) is 0 Å². The van der Waals surface area contributed by atoms with Crippen molar-refractivity contribution in [1.82, 2.24) is 0 Å². The van der Waals surface area contributed by atoms with Crippen molar-refractivity contribution in [2.75, 3.05) is 13.2 Å². The molecule has 2 rings (SSSR count). The van der Waals surface area contributed by atoms with Gasteiger partial charge >= 0.3 is 0 Å². The largest absolute Gasteiger partial charge is 0.347 e. The van der Waals surface area contributed by atoms with Gasteiger partial charge in [-0.25, -0.2) is 0 Å². The normalized spacial score (nSPS) is 33.4. The fourth-order valence-corrected chi connectivity index (χ4v) is 2.07. The summed E-state index contributed by atoms with van der Waals surface area (Å²) in [4.78, 5) is 0. The van der Waals surface area contributed by atoms with Crippen LogP contribution in [0.25, 0.3) is 0 Å². The topological polar surface area (TPSA) is 42.2 Å². The van der Waals surface area contributed by atoms with Gasteiger partial charge in [-0.2, -0.15) is 5.26 Å². The Hall–Kier alpha value is -0.590. The van der Waals surface area contributed by atoms with E-state index < -0.39 is 0 Å². The highest BCUT2D eigenvalue weighted by atomic mass is 16.7. The highest BCUT2D eigenvalue weighted by molar-refractivity contribution is 4.92. The van der Waals surface area contributed by atoms with Crippen molar-refractivity contribution in [3.8, 4) is 6.07 Å². The molecule has 1 aliphatic carbocycles. The predicted octanol–water partition coefficient (Wildman–Crippen LogP) is 1.44. The monoisotopic (exact) mass is 167 g/mol. The summed E-state index contributed by atoms with van der Waals surface area (Å²) in [5.74, 6) is -0.240. The Bertz CT molecular complexity index is 203. The Morgan fingerprint density at radius 3 is 2.75 bits per heavy atom. The van der Waals surface area contributed by atoms with Crippen LogP contribution in [-0.2, 0) is 9.47 Å². The van der Waals surface area contributed by atoms with Crippen molar-refractivity contribution in [2.45, 2.75) is 31.5 Å². The molecule has 12 heavy (non-hydrogen) atoms. The van der Waals surface area contributed by atoms with Crippen LogP contribution in [0.4, 0.5) is 0 Å². The molecule has 1 saturated carbocycles. The van der Waals surface area contributed by atoms with Crippen LogP contribution in [0.2, 0.25) is 0 Å². The lowest BCUT2D eigenvalue weighted by molar-refractivity contribution is -0.182. The smallest absolute Gasteiger partial charge is 0.169 e. The highest BCUT2D eigenvalue weighted by Crippen LogP contribution is 2.38. The second-order valence-corrected chi connectivity index (χ2v) is 3.53.